The summed E-state index contributed by atoms with van der Waals surface area (Å²) < 4.78 is 41.5. The van der Waals surface area contributed by atoms with E-state index < -0.39 is 21.6 Å². The van der Waals surface area contributed by atoms with Crippen LogP contribution >= 0.6 is 23.4 Å². The van der Waals surface area contributed by atoms with Crippen LogP contribution in [0.4, 0.5) is 4.39 Å². The number of carboxylic acids is 1. The zero-order valence-electron chi connectivity index (χ0n) is 16.1. The molecule has 1 unspecified atom stereocenters. The fraction of sp³-hybridized carbons (Fsp3) is 0.286. The number of aromatic nitrogens is 1. The Morgan fingerprint density at radius 1 is 1.50 bits per heavy atom. The van der Waals surface area contributed by atoms with E-state index in [1.54, 1.807) is 16.7 Å². The molecule has 30 heavy (non-hydrogen) atoms. The number of hydrogen-bond donors (Lipinski definition) is 1. The van der Waals surface area contributed by atoms with Gasteiger partial charge in [0.25, 0.3) is 0 Å². The highest BCUT2D eigenvalue weighted by molar-refractivity contribution is 8.03. The van der Waals surface area contributed by atoms with Gasteiger partial charge < -0.3 is 9.67 Å². The number of halogens is 2. The van der Waals surface area contributed by atoms with Gasteiger partial charge in [0.05, 0.1) is 16.8 Å². The Morgan fingerprint density at radius 2 is 2.23 bits per heavy atom. The van der Waals surface area contributed by atoms with Crippen LogP contribution < -0.4 is 0 Å². The molecule has 0 saturated heterocycles. The summed E-state index contributed by atoms with van der Waals surface area (Å²) in [7, 11) is -3.67. The summed E-state index contributed by atoms with van der Waals surface area (Å²) in [5, 5.41) is 9.60. The number of carbonyl (C=O) groups is 1. The summed E-state index contributed by atoms with van der Waals surface area (Å²) in [5.41, 5.74) is 0.791. The van der Waals surface area contributed by atoms with Crippen molar-refractivity contribution in [3.63, 3.8) is 0 Å². The Labute approximate surface area is 183 Å². The van der Waals surface area contributed by atoms with Gasteiger partial charge in [-0.3, -0.25) is 4.79 Å². The summed E-state index contributed by atoms with van der Waals surface area (Å²) in [4.78, 5) is 12.5. The zero-order valence-corrected chi connectivity index (χ0v) is 18.5. The Morgan fingerprint density at radius 3 is 2.83 bits per heavy atom. The Bertz CT molecular complexity index is 1220. The molecular formula is C21H19ClFNO4S2. The van der Waals surface area contributed by atoms with Gasteiger partial charge in [-0.15, -0.1) is 18.0 Å². The van der Waals surface area contributed by atoms with Crippen LogP contribution in [0.3, 0.4) is 0 Å². The molecule has 0 amide bonds. The van der Waals surface area contributed by atoms with Crippen molar-refractivity contribution in [1.29, 1.82) is 0 Å². The summed E-state index contributed by atoms with van der Waals surface area (Å²) >= 11 is 6.92. The molecule has 5 nitrogen and oxygen atoms in total. The van der Waals surface area contributed by atoms with Crippen LogP contribution in [0, 0.1) is 18.2 Å². The van der Waals surface area contributed by atoms with Crippen LogP contribution in [0.25, 0.3) is 10.9 Å². The molecule has 0 bridgehead atoms. The minimum atomic E-state index is -3.67. The monoisotopic (exact) mass is 467 g/mol. The van der Waals surface area contributed by atoms with Crippen molar-refractivity contribution < 1.29 is 22.7 Å². The van der Waals surface area contributed by atoms with E-state index in [1.165, 1.54) is 23.9 Å². The van der Waals surface area contributed by atoms with Crippen LogP contribution in [0.15, 0.2) is 45.1 Å². The zero-order chi connectivity index (χ0) is 22.1. The minimum absolute atomic E-state index is 0.00115. The molecule has 9 heteroatoms. The highest BCUT2D eigenvalue weighted by Gasteiger charge is 2.34. The average molecular weight is 468 g/mol. The van der Waals surface area contributed by atoms with Crippen molar-refractivity contribution in [2.24, 2.45) is 0 Å². The molecule has 2 aromatic rings. The van der Waals surface area contributed by atoms with Crippen molar-refractivity contribution in [1.82, 2.24) is 4.57 Å². The van der Waals surface area contributed by atoms with Gasteiger partial charge in [0.2, 0.25) is 0 Å². The van der Waals surface area contributed by atoms with E-state index in [9.17, 15) is 22.7 Å². The van der Waals surface area contributed by atoms with Gasteiger partial charge in [-0.25, -0.2) is 12.8 Å². The number of rotatable bonds is 7. The molecular weight excluding hydrogens is 449 g/mol. The SMILES string of the molecule is C#C/C=C(\C=C/CCl)Sc1c2n(c3c(F)ccc(S(C)(=O)=O)c13)CCC2CC(=O)O. The number of allylic oxidation sites excluding steroid dienone is 3. The Kier molecular flexibility index (Phi) is 6.65. The Hall–Kier alpha value is -2.21. The molecule has 1 aliphatic rings. The molecule has 3 rings (SSSR count). The predicted molar refractivity (Wildman–Crippen MR) is 117 cm³/mol. The highest BCUT2D eigenvalue weighted by Crippen LogP contribution is 2.49. The van der Waals surface area contributed by atoms with Crippen LogP contribution in [0.1, 0.15) is 24.5 Å². The number of thioether (sulfide) groups is 1. The van der Waals surface area contributed by atoms with E-state index in [1.807, 2.05) is 0 Å². The molecule has 0 saturated carbocycles. The maximum absolute atomic E-state index is 14.9. The van der Waals surface area contributed by atoms with Gasteiger partial charge in [0, 0.05) is 51.6 Å². The van der Waals surface area contributed by atoms with Crippen molar-refractivity contribution in [3.8, 4) is 12.3 Å². The lowest BCUT2D eigenvalue weighted by atomic mass is 10.0. The summed E-state index contributed by atoms with van der Waals surface area (Å²) in [5.74, 6) is 0.791. The second kappa shape index (κ2) is 8.88. The van der Waals surface area contributed by atoms with Gasteiger partial charge in [-0.2, -0.15) is 0 Å². The number of carboxylic acid groups (broad SMARTS) is 1. The van der Waals surface area contributed by atoms with Gasteiger partial charge >= 0.3 is 5.97 Å². The number of benzene rings is 1. The lowest BCUT2D eigenvalue weighted by molar-refractivity contribution is -0.137. The number of fused-ring (bicyclic) bond motifs is 3. The molecule has 0 fully saturated rings. The maximum Gasteiger partial charge on any atom is 0.304 e. The maximum atomic E-state index is 14.9. The van der Waals surface area contributed by atoms with Crippen LogP contribution in [0.5, 0.6) is 0 Å². The van der Waals surface area contributed by atoms with Crippen molar-refractivity contribution in [2.45, 2.75) is 35.1 Å². The lowest BCUT2D eigenvalue weighted by Crippen LogP contribution is -2.04. The summed E-state index contributed by atoms with van der Waals surface area (Å²) in [6, 6.07) is 2.38. The molecule has 0 spiro atoms. The van der Waals surface area contributed by atoms with Crippen molar-refractivity contribution in [2.75, 3.05) is 12.1 Å². The smallest absolute Gasteiger partial charge is 0.304 e. The number of alkyl halides is 1. The van der Waals surface area contributed by atoms with Crippen LogP contribution in [0.2, 0.25) is 0 Å². The predicted octanol–water partition coefficient (Wildman–Crippen LogP) is 4.55. The largest absolute Gasteiger partial charge is 0.481 e. The lowest BCUT2D eigenvalue weighted by Gasteiger charge is -2.11. The standard InChI is InChI=1S/C21H19ClFNO4S2/c1-3-5-14(6-4-10-22)29-21-18-16(30(2,27)28)8-7-15(23)20(18)24-11-9-13(19(21)24)12-17(25)26/h1,4-8,13H,9-12H2,2H3,(H,25,26)/b6-4-,14-5+. The van der Waals surface area contributed by atoms with Crippen LogP contribution in [-0.4, -0.2) is 36.2 Å². The number of hydrogen-bond acceptors (Lipinski definition) is 4. The van der Waals surface area contributed by atoms with E-state index in [-0.39, 0.29) is 34.0 Å². The van der Waals surface area contributed by atoms with E-state index in [4.69, 9.17) is 18.0 Å². The van der Waals surface area contributed by atoms with Crippen LogP contribution in [-0.2, 0) is 21.2 Å². The first-order chi connectivity index (χ1) is 14.2. The second-order valence-electron chi connectivity index (χ2n) is 6.86. The Balaban J connectivity index is 2.37. The fourth-order valence-electron chi connectivity index (χ4n) is 3.76. The fourth-order valence-corrected chi connectivity index (χ4v) is 6.01. The summed E-state index contributed by atoms with van der Waals surface area (Å²) in [6.07, 6.45) is 11.8. The van der Waals surface area contributed by atoms with E-state index >= 15 is 0 Å². The minimum Gasteiger partial charge on any atom is -0.481 e. The number of aryl methyl sites for hydroxylation is 1. The number of terminal acetylenes is 1. The van der Waals surface area contributed by atoms with E-state index in [0.717, 1.165) is 12.3 Å². The second-order valence-corrected chi connectivity index (χ2v) is 10.2. The molecule has 0 aliphatic carbocycles. The quantitative estimate of drug-likeness (QED) is 0.212. The number of sulfone groups is 1. The van der Waals surface area contributed by atoms with Crippen molar-refractivity contribution >= 4 is 50.1 Å². The molecule has 1 aromatic heterocycles. The van der Waals surface area contributed by atoms with E-state index in [2.05, 4.69) is 5.92 Å². The topological polar surface area (TPSA) is 76.4 Å². The molecule has 2 heterocycles. The first-order valence-electron chi connectivity index (χ1n) is 9.02. The number of nitrogens with zero attached hydrogens (tertiary/aromatic N) is 1. The van der Waals surface area contributed by atoms with Crippen molar-refractivity contribution in [3.05, 3.63) is 46.8 Å². The highest BCUT2D eigenvalue weighted by atomic mass is 35.5. The molecule has 1 aromatic carbocycles. The number of aliphatic carboxylic acids is 1. The van der Waals surface area contributed by atoms with E-state index in [0.29, 0.717) is 28.5 Å². The van der Waals surface area contributed by atoms with Gasteiger partial charge in [0.15, 0.2) is 9.84 Å². The molecule has 1 aliphatic heterocycles. The van der Waals surface area contributed by atoms with Gasteiger partial charge in [-0.1, -0.05) is 29.8 Å². The molecule has 0 radical (unpaired) electrons. The summed E-state index contributed by atoms with van der Waals surface area (Å²) in [6.45, 7) is 0.403. The molecule has 1 N–H and O–H groups in total. The third-order valence-electron chi connectivity index (χ3n) is 4.84. The van der Waals surface area contributed by atoms with Gasteiger partial charge in [-0.05, 0) is 18.6 Å². The average Bonchev–Trinajstić information content (AvgIpc) is 3.18. The molecule has 1 atom stereocenters. The molecule has 158 valence electrons. The third kappa shape index (κ3) is 4.29. The normalized spacial score (nSPS) is 16.9. The van der Waals surface area contributed by atoms with Gasteiger partial charge in [0.1, 0.15) is 5.82 Å². The first-order valence-corrected chi connectivity index (χ1v) is 12.3. The first kappa shape index (κ1) is 22.5. The third-order valence-corrected chi connectivity index (χ3v) is 7.26.